The van der Waals surface area contributed by atoms with Crippen molar-refractivity contribution >= 4 is 40.2 Å². The number of halogens is 1. The second-order valence-corrected chi connectivity index (χ2v) is 6.03. The zero-order valence-corrected chi connectivity index (χ0v) is 14.9. The van der Waals surface area contributed by atoms with Crippen LogP contribution in [0.4, 0.5) is 5.69 Å². The van der Waals surface area contributed by atoms with Gasteiger partial charge in [0.05, 0.1) is 28.9 Å². The zero-order chi connectivity index (χ0) is 18.8. The molecule has 1 heterocycles. The predicted octanol–water partition coefficient (Wildman–Crippen LogP) is 3.34. The Balaban J connectivity index is 1.86. The molecule has 0 aliphatic heterocycles. The predicted molar refractivity (Wildman–Crippen MR) is 98.1 cm³/mol. The van der Waals surface area contributed by atoms with Crippen LogP contribution in [0.2, 0.25) is 5.02 Å². The number of nitrogens with zero attached hydrogens (tertiary/aromatic N) is 2. The maximum atomic E-state index is 12.5. The molecule has 0 aliphatic rings. The summed E-state index contributed by atoms with van der Waals surface area (Å²) < 4.78 is 6.85. The second kappa shape index (κ2) is 7.05. The fourth-order valence-corrected chi connectivity index (χ4v) is 2.92. The number of imidazole rings is 1. The molecule has 2 N–H and O–H groups in total. The van der Waals surface area contributed by atoms with Gasteiger partial charge in [-0.3, -0.25) is 4.79 Å². The quantitative estimate of drug-likeness (QED) is 0.715. The van der Waals surface area contributed by atoms with Crippen LogP contribution >= 0.6 is 11.6 Å². The molecular formula is C18H16ClN3O4. The van der Waals surface area contributed by atoms with Gasteiger partial charge >= 0.3 is 5.97 Å². The Bertz CT molecular complexity index is 1010. The summed E-state index contributed by atoms with van der Waals surface area (Å²) in [7, 11) is 1.35. The van der Waals surface area contributed by atoms with Crippen molar-refractivity contribution in [1.29, 1.82) is 0 Å². The highest BCUT2D eigenvalue weighted by Gasteiger charge is 2.17. The topological polar surface area (TPSA) is 93.5 Å². The van der Waals surface area contributed by atoms with Crippen molar-refractivity contribution in [2.75, 3.05) is 12.4 Å². The van der Waals surface area contributed by atoms with E-state index < -0.39 is 5.97 Å². The number of hydrogen-bond donors (Lipinski definition) is 2. The van der Waals surface area contributed by atoms with Crippen LogP contribution in [-0.4, -0.2) is 33.6 Å². The lowest BCUT2D eigenvalue weighted by atomic mass is 10.1. The molecule has 0 saturated heterocycles. The first-order valence-corrected chi connectivity index (χ1v) is 8.11. The minimum atomic E-state index is -1.16. The average Bonchev–Trinajstić information content (AvgIpc) is 2.91. The van der Waals surface area contributed by atoms with Crippen LogP contribution in [0.1, 0.15) is 16.2 Å². The van der Waals surface area contributed by atoms with Gasteiger partial charge in [0, 0.05) is 6.07 Å². The van der Waals surface area contributed by atoms with E-state index in [4.69, 9.17) is 21.4 Å². The Labute approximate surface area is 154 Å². The molecule has 0 fully saturated rings. The van der Waals surface area contributed by atoms with E-state index in [1.807, 2.05) is 31.2 Å². The fourth-order valence-electron chi connectivity index (χ4n) is 2.71. The first kappa shape index (κ1) is 17.8. The third-order valence-electron chi connectivity index (χ3n) is 3.94. The number of benzene rings is 2. The van der Waals surface area contributed by atoms with Crippen molar-refractivity contribution in [2.45, 2.75) is 13.5 Å². The summed E-state index contributed by atoms with van der Waals surface area (Å²) in [5, 5.41) is 12.0. The Morgan fingerprint density at radius 2 is 2.04 bits per heavy atom. The van der Waals surface area contributed by atoms with Gasteiger partial charge in [0.15, 0.2) is 0 Å². The number of fused-ring (bicyclic) bond motifs is 1. The number of amides is 1. The number of aromatic nitrogens is 2. The Morgan fingerprint density at radius 3 is 2.73 bits per heavy atom. The first-order valence-electron chi connectivity index (χ1n) is 7.73. The summed E-state index contributed by atoms with van der Waals surface area (Å²) in [6, 6.07) is 10.2. The summed E-state index contributed by atoms with van der Waals surface area (Å²) >= 11 is 6.10. The first-order chi connectivity index (χ1) is 12.4. The Kier molecular flexibility index (Phi) is 4.81. The molecule has 134 valence electrons. The number of anilines is 1. The smallest absolute Gasteiger partial charge is 0.339 e. The van der Waals surface area contributed by atoms with Crippen LogP contribution in [-0.2, 0) is 11.3 Å². The summed E-state index contributed by atoms with van der Waals surface area (Å²) in [5.74, 6) is -0.655. The van der Waals surface area contributed by atoms with E-state index in [-0.39, 0.29) is 34.5 Å². The molecule has 26 heavy (non-hydrogen) atoms. The summed E-state index contributed by atoms with van der Waals surface area (Å²) in [5.41, 5.74) is 1.86. The maximum Gasteiger partial charge on any atom is 0.339 e. The number of nitrogens with one attached hydrogen (secondary N) is 1. The van der Waals surface area contributed by atoms with Gasteiger partial charge in [0.2, 0.25) is 5.91 Å². The molecule has 1 aromatic heterocycles. The standard InChI is InChI=1S/C18H16ClN3O4/c1-10-20-13-5-3-4-6-15(13)22(10)9-17(23)21-14-8-16(26-2)11(18(24)25)7-12(14)19/h3-8H,9H2,1-2H3,(H,21,23)(H,24,25). The highest BCUT2D eigenvalue weighted by molar-refractivity contribution is 6.34. The number of hydrogen-bond acceptors (Lipinski definition) is 4. The number of carbonyl (C=O) groups excluding carboxylic acids is 1. The molecule has 2 aromatic carbocycles. The van der Waals surface area contributed by atoms with Crippen LogP contribution in [0.3, 0.4) is 0 Å². The lowest BCUT2D eigenvalue weighted by Crippen LogP contribution is -2.20. The van der Waals surface area contributed by atoms with E-state index in [0.717, 1.165) is 11.0 Å². The van der Waals surface area contributed by atoms with E-state index >= 15 is 0 Å². The number of aromatic carboxylic acids is 1. The third-order valence-corrected chi connectivity index (χ3v) is 4.25. The molecule has 0 unspecified atom stereocenters. The van der Waals surface area contributed by atoms with E-state index in [1.54, 1.807) is 4.57 Å². The number of rotatable bonds is 5. The summed E-state index contributed by atoms with van der Waals surface area (Å²) in [4.78, 5) is 28.1. The maximum absolute atomic E-state index is 12.5. The van der Waals surface area contributed by atoms with Gasteiger partial charge in [-0.2, -0.15) is 0 Å². The van der Waals surface area contributed by atoms with Crippen molar-refractivity contribution in [3.05, 3.63) is 52.8 Å². The van der Waals surface area contributed by atoms with Crippen LogP contribution in [0.25, 0.3) is 11.0 Å². The Morgan fingerprint density at radius 1 is 1.31 bits per heavy atom. The van der Waals surface area contributed by atoms with E-state index in [9.17, 15) is 9.59 Å². The zero-order valence-electron chi connectivity index (χ0n) is 14.1. The lowest BCUT2D eigenvalue weighted by molar-refractivity contribution is -0.116. The number of ether oxygens (including phenoxy) is 1. The number of aryl methyl sites for hydroxylation is 1. The van der Waals surface area contributed by atoms with Gasteiger partial charge in [-0.25, -0.2) is 9.78 Å². The number of carboxylic acid groups (broad SMARTS) is 1. The summed E-state index contributed by atoms with van der Waals surface area (Å²) in [6.07, 6.45) is 0. The highest BCUT2D eigenvalue weighted by Crippen LogP contribution is 2.31. The molecule has 0 aliphatic carbocycles. The van der Waals surface area contributed by atoms with Crippen molar-refractivity contribution in [3.63, 3.8) is 0 Å². The molecule has 7 nitrogen and oxygen atoms in total. The molecule has 0 saturated carbocycles. The molecule has 0 bridgehead atoms. The van der Waals surface area contributed by atoms with Crippen LogP contribution in [0.15, 0.2) is 36.4 Å². The second-order valence-electron chi connectivity index (χ2n) is 5.62. The van der Waals surface area contributed by atoms with Crippen LogP contribution in [0.5, 0.6) is 5.75 Å². The van der Waals surface area contributed by atoms with Gasteiger partial charge in [-0.15, -0.1) is 0 Å². The largest absolute Gasteiger partial charge is 0.496 e. The molecule has 1 amide bonds. The van der Waals surface area contributed by atoms with E-state index in [0.29, 0.717) is 5.82 Å². The van der Waals surface area contributed by atoms with Crippen molar-refractivity contribution in [1.82, 2.24) is 9.55 Å². The number of para-hydroxylation sites is 2. The van der Waals surface area contributed by atoms with Crippen molar-refractivity contribution < 1.29 is 19.4 Å². The summed E-state index contributed by atoms with van der Waals surface area (Å²) in [6.45, 7) is 1.87. The molecule has 3 rings (SSSR count). The average molecular weight is 374 g/mol. The SMILES string of the molecule is COc1cc(NC(=O)Cn2c(C)nc3ccccc32)c(Cl)cc1C(=O)O. The van der Waals surface area contributed by atoms with Crippen molar-refractivity contribution in [3.8, 4) is 5.75 Å². The van der Waals surface area contributed by atoms with Crippen LogP contribution in [0, 0.1) is 6.92 Å². The Hall–Kier alpha value is -3.06. The van der Waals surface area contributed by atoms with Crippen LogP contribution < -0.4 is 10.1 Å². The molecule has 0 atom stereocenters. The van der Waals surface area contributed by atoms with Crippen molar-refractivity contribution in [2.24, 2.45) is 0 Å². The highest BCUT2D eigenvalue weighted by atomic mass is 35.5. The lowest BCUT2D eigenvalue weighted by Gasteiger charge is -2.12. The minimum Gasteiger partial charge on any atom is -0.496 e. The molecule has 0 spiro atoms. The van der Waals surface area contributed by atoms with E-state index in [1.165, 1.54) is 19.2 Å². The van der Waals surface area contributed by atoms with Gasteiger partial charge in [0.25, 0.3) is 0 Å². The number of methoxy groups -OCH3 is 1. The third kappa shape index (κ3) is 3.34. The minimum absolute atomic E-state index is 0.0473. The molecular weight excluding hydrogens is 358 g/mol. The monoisotopic (exact) mass is 373 g/mol. The molecule has 8 heteroatoms. The van der Waals surface area contributed by atoms with Gasteiger partial charge in [-0.05, 0) is 25.1 Å². The number of carboxylic acids is 1. The fraction of sp³-hybridized carbons (Fsp3) is 0.167. The molecule has 0 radical (unpaired) electrons. The van der Waals surface area contributed by atoms with Gasteiger partial charge in [0.1, 0.15) is 23.7 Å². The van der Waals surface area contributed by atoms with Gasteiger partial charge < -0.3 is 19.7 Å². The molecule has 3 aromatic rings. The number of carbonyl (C=O) groups is 2. The van der Waals surface area contributed by atoms with E-state index in [2.05, 4.69) is 10.3 Å². The normalized spacial score (nSPS) is 10.7. The van der Waals surface area contributed by atoms with Gasteiger partial charge in [-0.1, -0.05) is 23.7 Å².